The highest BCUT2D eigenvalue weighted by Gasteiger charge is 2.30. The number of carbonyl (C=O) groups is 1. The smallest absolute Gasteiger partial charge is 0.314 e. The number of benzene rings is 1. The molecule has 0 amide bonds. The summed E-state index contributed by atoms with van der Waals surface area (Å²) in [5, 5.41) is 0.575. The third kappa shape index (κ3) is 3.94. The van der Waals surface area contributed by atoms with Crippen LogP contribution >= 0.6 is 11.6 Å². The van der Waals surface area contributed by atoms with Crippen LogP contribution in [0, 0.1) is 5.92 Å². The number of halogens is 1. The van der Waals surface area contributed by atoms with Crippen molar-refractivity contribution in [2.45, 2.75) is 12.8 Å². The Labute approximate surface area is 123 Å². The zero-order chi connectivity index (χ0) is 14.8. The molecule has 5 nitrogen and oxygen atoms in total. The second kappa shape index (κ2) is 6.11. The van der Waals surface area contributed by atoms with Crippen molar-refractivity contribution in [2.24, 2.45) is 5.92 Å². The molecule has 1 heterocycles. The maximum absolute atomic E-state index is 12.0. The highest BCUT2D eigenvalue weighted by Crippen LogP contribution is 2.22. The van der Waals surface area contributed by atoms with Gasteiger partial charge in [-0.25, -0.2) is 12.7 Å². The van der Waals surface area contributed by atoms with Crippen LogP contribution in [0.5, 0.6) is 5.75 Å². The minimum atomic E-state index is -3.17. The van der Waals surface area contributed by atoms with E-state index in [0.29, 0.717) is 36.7 Å². The summed E-state index contributed by atoms with van der Waals surface area (Å²) in [5.74, 6) is -0.130. The Morgan fingerprint density at radius 2 is 1.80 bits per heavy atom. The molecule has 20 heavy (non-hydrogen) atoms. The summed E-state index contributed by atoms with van der Waals surface area (Å²) in [6, 6.07) is 6.56. The fourth-order valence-corrected chi connectivity index (χ4v) is 3.13. The summed E-state index contributed by atoms with van der Waals surface area (Å²) in [7, 11) is -3.17. The lowest BCUT2D eigenvalue weighted by Crippen LogP contribution is -2.40. The Hall–Kier alpha value is -1.11. The Morgan fingerprint density at radius 3 is 2.30 bits per heavy atom. The van der Waals surface area contributed by atoms with Gasteiger partial charge in [0.2, 0.25) is 10.0 Å². The van der Waals surface area contributed by atoms with E-state index in [1.807, 2.05) is 0 Å². The van der Waals surface area contributed by atoms with Crippen molar-refractivity contribution in [3.8, 4) is 5.75 Å². The molecule has 1 aliphatic heterocycles. The SMILES string of the molecule is CS(=O)(=O)N1CCC(C(=O)Oc2ccc(Cl)cc2)CC1. The van der Waals surface area contributed by atoms with Crippen LogP contribution in [-0.4, -0.2) is 38.0 Å². The monoisotopic (exact) mass is 317 g/mol. The van der Waals surface area contributed by atoms with Gasteiger partial charge in [0.25, 0.3) is 0 Å². The molecule has 110 valence electrons. The Morgan fingerprint density at radius 1 is 1.25 bits per heavy atom. The van der Waals surface area contributed by atoms with Crippen LogP contribution in [0.2, 0.25) is 5.02 Å². The number of ether oxygens (including phenoxy) is 1. The zero-order valence-corrected chi connectivity index (χ0v) is 12.7. The summed E-state index contributed by atoms with van der Waals surface area (Å²) < 4.78 is 29.4. The fourth-order valence-electron chi connectivity index (χ4n) is 2.13. The second-order valence-corrected chi connectivity index (χ2v) is 7.23. The summed E-state index contributed by atoms with van der Waals surface area (Å²) in [5.41, 5.74) is 0. The predicted molar refractivity (Wildman–Crippen MR) is 76.2 cm³/mol. The molecule has 0 saturated carbocycles. The molecule has 1 aliphatic rings. The number of nitrogens with zero attached hydrogens (tertiary/aromatic N) is 1. The minimum Gasteiger partial charge on any atom is -0.426 e. The summed E-state index contributed by atoms with van der Waals surface area (Å²) in [6.45, 7) is 0.721. The van der Waals surface area contributed by atoms with Gasteiger partial charge in [-0.15, -0.1) is 0 Å². The average Bonchev–Trinajstić information content (AvgIpc) is 2.40. The summed E-state index contributed by atoms with van der Waals surface area (Å²) in [6.07, 6.45) is 2.15. The van der Waals surface area contributed by atoms with E-state index < -0.39 is 10.0 Å². The molecule has 1 aromatic carbocycles. The van der Waals surface area contributed by atoms with E-state index in [1.165, 1.54) is 10.6 Å². The van der Waals surface area contributed by atoms with E-state index in [1.54, 1.807) is 24.3 Å². The van der Waals surface area contributed by atoms with E-state index >= 15 is 0 Å². The number of hydrogen-bond donors (Lipinski definition) is 0. The molecule has 0 spiro atoms. The third-order valence-corrected chi connectivity index (χ3v) is 4.84. The van der Waals surface area contributed by atoms with Gasteiger partial charge in [-0.05, 0) is 37.1 Å². The Kier molecular flexibility index (Phi) is 4.67. The Bertz CT molecular complexity index is 577. The number of hydrogen-bond acceptors (Lipinski definition) is 4. The number of piperidine rings is 1. The van der Waals surface area contributed by atoms with Crippen LogP contribution in [0.3, 0.4) is 0 Å². The minimum absolute atomic E-state index is 0.260. The molecule has 2 rings (SSSR count). The maximum atomic E-state index is 12.0. The van der Waals surface area contributed by atoms with E-state index in [2.05, 4.69) is 0 Å². The van der Waals surface area contributed by atoms with Crippen molar-refractivity contribution < 1.29 is 17.9 Å². The molecule has 0 atom stereocenters. The molecule has 1 aromatic rings. The van der Waals surface area contributed by atoms with Gasteiger partial charge in [-0.3, -0.25) is 4.79 Å². The summed E-state index contributed by atoms with van der Waals surface area (Å²) >= 11 is 5.75. The molecule has 0 N–H and O–H groups in total. The maximum Gasteiger partial charge on any atom is 0.314 e. The normalized spacial score (nSPS) is 17.9. The standard InChI is InChI=1S/C13H16ClNO4S/c1-20(17,18)15-8-6-10(7-9-15)13(16)19-12-4-2-11(14)3-5-12/h2-5,10H,6-9H2,1H3. The Balaban J connectivity index is 1.90. The number of carbonyl (C=O) groups excluding carboxylic acids is 1. The lowest BCUT2D eigenvalue weighted by molar-refractivity contribution is -0.140. The van der Waals surface area contributed by atoms with Gasteiger partial charge in [0.1, 0.15) is 5.75 Å². The lowest BCUT2D eigenvalue weighted by atomic mass is 9.98. The lowest BCUT2D eigenvalue weighted by Gasteiger charge is -2.28. The molecule has 0 bridgehead atoms. The van der Waals surface area contributed by atoms with E-state index in [9.17, 15) is 13.2 Å². The first-order valence-electron chi connectivity index (χ1n) is 6.28. The first-order valence-corrected chi connectivity index (χ1v) is 8.51. The van der Waals surface area contributed by atoms with Crippen LogP contribution in [0.4, 0.5) is 0 Å². The quantitative estimate of drug-likeness (QED) is 0.631. The molecule has 1 saturated heterocycles. The van der Waals surface area contributed by atoms with Crippen molar-refractivity contribution in [3.05, 3.63) is 29.3 Å². The van der Waals surface area contributed by atoms with Gasteiger partial charge in [0.15, 0.2) is 0 Å². The van der Waals surface area contributed by atoms with Crippen molar-refractivity contribution in [2.75, 3.05) is 19.3 Å². The van der Waals surface area contributed by atoms with Crippen LogP contribution in [0.15, 0.2) is 24.3 Å². The van der Waals surface area contributed by atoms with Crippen molar-refractivity contribution in [1.29, 1.82) is 0 Å². The van der Waals surface area contributed by atoms with Gasteiger partial charge in [-0.1, -0.05) is 11.6 Å². The van der Waals surface area contributed by atoms with Gasteiger partial charge in [0.05, 0.1) is 12.2 Å². The fraction of sp³-hybridized carbons (Fsp3) is 0.462. The second-order valence-electron chi connectivity index (χ2n) is 4.81. The largest absolute Gasteiger partial charge is 0.426 e. The van der Waals surface area contributed by atoms with E-state index in [0.717, 1.165) is 0 Å². The van der Waals surface area contributed by atoms with Gasteiger partial charge < -0.3 is 4.74 Å². The topological polar surface area (TPSA) is 63.7 Å². The number of esters is 1. The van der Waals surface area contributed by atoms with E-state index in [4.69, 9.17) is 16.3 Å². The van der Waals surface area contributed by atoms with Crippen LogP contribution in [0.1, 0.15) is 12.8 Å². The predicted octanol–water partition coefficient (Wildman–Crippen LogP) is 1.92. The molecular weight excluding hydrogens is 302 g/mol. The van der Waals surface area contributed by atoms with Crippen molar-refractivity contribution in [3.63, 3.8) is 0 Å². The molecule has 0 unspecified atom stereocenters. The van der Waals surface area contributed by atoms with Crippen molar-refractivity contribution >= 4 is 27.6 Å². The first kappa shape index (κ1) is 15.3. The molecule has 0 aliphatic carbocycles. The van der Waals surface area contributed by atoms with E-state index in [-0.39, 0.29) is 11.9 Å². The highest BCUT2D eigenvalue weighted by atomic mass is 35.5. The zero-order valence-electron chi connectivity index (χ0n) is 11.1. The molecule has 0 radical (unpaired) electrons. The first-order chi connectivity index (χ1) is 9.36. The van der Waals surface area contributed by atoms with Crippen LogP contribution in [-0.2, 0) is 14.8 Å². The summed E-state index contributed by atoms with van der Waals surface area (Å²) in [4.78, 5) is 12.0. The van der Waals surface area contributed by atoms with Crippen molar-refractivity contribution in [1.82, 2.24) is 4.31 Å². The molecular formula is C13H16ClNO4S. The van der Waals surface area contributed by atoms with Crippen LogP contribution < -0.4 is 4.74 Å². The molecule has 7 heteroatoms. The van der Waals surface area contributed by atoms with Gasteiger partial charge in [0, 0.05) is 18.1 Å². The molecule has 0 aromatic heterocycles. The third-order valence-electron chi connectivity index (χ3n) is 3.29. The molecule has 1 fully saturated rings. The number of sulfonamides is 1. The van der Waals surface area contributed by atoms with Gasteiger partial charge >= 0.3 is 5.97 Å². The van der Waals surface area contributed by atoms with Gasteiger partial charge in [-0.2, -0.15) is 0 Å². The number of rotatable bonds is 3. The van der Waals surface area contributed by atoms with Crippen LogP contribution in [0.25, 0.3) is 0 Å². The highest BCUT2D eigenvalue weighted by molar-refractivity contribution is 7.88. The average molecular weight is 318 g/mol.